The highest BCUT2D eigenvalue weighted by atomic mass is 14.9. The summed E-state index contributed by atoms with van der Waals surface area (Å²) in [5.41, 5.74) is 8.19. The molecule has 184 valence electrons. The van der Waals surface area contributed by atoms with Gasteiger partial charge in [-0.2, -0.15) is 0 Å². The van der Waals surface area contributed by atoms with Gasteiger partial charge in [-0.15, -0.1) is 0 Å². The van der Waals surface area contributed by atoms with Crippen LogP contribution in [0.4, 0.5) is 0 Å². The maximum atomic E-state index is 5.00. The molecule has 7 rings (SSSR count). The van der Waals surface area contributed by atoms with E-state index >= 15 is 0 Å². The van der Waals surface area contributed by atoms with Crippen LogP contribution in [0.1, 0.15) is 52.7 Å². The summed E-state index contributed by atoms with van der Waals surface area (Å²) in [5.74, 6) is 0. The third kappa shape index (κ3) is 3.49. The molecule has 0 atom stereocenters. The quantitative estimate of drug-likeness (QED) is 0.177. The van der Waals surface area contributed by atoms with E-state index in [9.17, 15) is 0 Å². The first-order valence-electron chi connectivity index (χ1n) is 13.5. The molecule has 0 amide bonds. The van der Waals surface area contributed by atoms with Crippen LogP contribution in [0.25, 0.3) is 59.8 Å². The van der Waals surface area contributed by atoms with Crippen molar-refractivity contribution in [2.75, 3.05) is 0 Å². The van der Waals surface area contributed by atoms with E-state index in [4.69, 9.17) is 4.98 Å². The third-order valence-electron chi connectivity index (χ3n) is 7.68. The highest BCUT2D eigenvalue weighted by Crippen LogP contribution is 2.44. The van der Waals surface area contributed by atoms with E-state index in [2.05, 4.69) is 113 Å². The summed E-state index contributed by atoms with van der Waals surface area (Å²) in [6.45, 7) is 13.9. The van der Waals surface area contributed by atoms with Crippen molar-refractivity contribution >= 4 is 59.8 Å². The van der Waals surface area contributed by atoms with Crippen molar-refractivity contribution in [1.29, 1.82) is 0 Å². The van der Waals surface area contributed by atoms with E-state index < -0.39 is 0 Å². The lowest BCUT2D eigenvalue weighted by Gasteiger charge is -2.20. The van der Waals surface area contributed by atoms with Crippen molar-refractivity contribution in [1.82, 2.24) is 9.38 Å². The number of pyridine rings is 2. The van der Waals surface area contributed by atoms with Crippen molar-refractivity contribution in [3.8, 4) is 0 Å². The SMILES string of the molecule is CC(C)(C)Cc1ccc2c(c1)c1c3ccccc3cc3c4nccc5cc(CC(C)(C)C)cc(c54)n2c31. The van der Waals surface area contributed by atoms with Gasteiger partial charge in [0.25, 0.3) is 0 Å². The second-order valence-electron chi connectivity index (χ2n) is 13.4. The fraction of sp³-hybridized carbons (Fsp3) is 0.286. The summed E-state index contributed by atoms with van der Waals surface area (Å²) in [7, 11) is 0. The van der Waals surface area contributed by atoms with Crippen molar-refractivity contribution in [3.63, 3.8) is 0 Å². The molecule has 2 heteroatoms. The lowest BCUT2D eigenvalue weighted by atomic mass is 9.87. The van der Waals surface area contributed by atoms with Crippen LogP contribution >= 0.6 is 0 Å². The Kier molecular flexibility index (Phi) is 4.54. The Morgan fingerprint density at radius 3 is 2.16 bits per heavy atom. The summed E-state index contributed by atoms with van der Waals surface area (Å²) in [6.07, 6.45) is 4.08. The standard InChI is InChI=1S/C35H34N2/c1-34(2,3)19-21-11-12-28-26(16-21)31-25-10-8-7-9-23(25)18-27-32-30-24(13-14-36-32)15-22(20-35(4,5)6)17-29(30)37(28)33(27)31/h7-18H,19-20H2,1-6H3. The molecule has 0 bridgehead atoms. The van der Waals surface area contributed by atoms with Crippen LogP contribution in [0.15, 0.2) is 72.9 Å². The van der Waals surface area contributed by atoms with E-state index in [1.54, 1.807) is 0 Å². The molecule has 37 heavy (non-hydrogen) atoms. The number of rotatable bonds is 2. The van der Waals surface area contributed by atoms with Gasteiger partial charge < -0.3 is 4.40 Å². The molecule has 0 aliphatic carbocycles. The van der Waals surface area contributed by atoms with Crippen molar-refractivity contribution in [2.45, 2.75) is 54.4 Å². The van der Waals surface area contributed by atoms with Gasteiger partial charge in [0.05, 0.1) is 22.1 Å². The predicted octanol–water partition coefficient (Wildman–Crippen LogP) is 9.72. The minimum absolute atomic E-state index is 0.217. The van der Waals surface area contributed by atoms with E-state index in [1.807, 2.05) is 6.20 Å². The average molecular weight is 483 g/mol. The van der Waals surface area contributed by atoms with Crippen LogP contribution in [-0.4, -0.2) is 9.38 Å². The number of aromatic nitrogens is 2. The summed E-state index contributed by atoms with van der Waals surface area (Å²) in [4.78, 5) is 5.00. The molecule has 3 heterocycles. The van der Waals surface area contributed by atoms with Gasteiger partial charge in [0, 0.05) is 27.7 Å². The lowest BCUT2D eigenvalue weighted by molar-refractivity contribution is 0.411. The maximum absolute atomic E-state index is 5.00. The molecule has 2 nitrogen and oxygen atoms in total. The maximum Gasteiger partial charge on any atom is 0.0822 e. The molecule has 0 aliphatic rings. The van der Waals surface area contributed by atoms with Gasteiger partial charge in [-0.25, -0.2) is 0 Å². The molecule has 3 aromatic heterocycles. The molecular formula is C35H34N2. The van der Waals surface area contributed by atoms with E-state index in [1.165, 1.54) is 65.4 Å². The van der Waals surface area contributed by atoms with Gasteiger partial charge in [0.2, 0.25) is 0 Å². The summed E-state index contributed by atoms with van der Waals surface area (Å²) in [6, 6.07) is 25.4. The van der Waals surface area contributed by atoms with Gasteiger partial charge >= 0.3 is 0 Å². The molecule has 0 fully saturated rings. The van der Waals surface area contributed by atoms with Crippen molar-refractivity contribution < 1.29 is 0 Å². The molecule has 0 spiro atoms. The summed E-state index contributed by atoms with van der Waals surface area (Å²) < 4.78 is 2.54. The molecule has 0 aliphatic heterocycles. The minimum Gasteiger partial charge on any atom is -0.308 e. The predicted molar refractivity (Wildman–Crippen MR) is 160 cm³/mol. The smallest absolute Gasteiger partial charge is 0.0822 e. The molecule has 0 saturated heterocycles. The molecule has 0 saturated carbocycles. The molecule has 7 aromatic rings. The normalized spacial score (nSPS) is 13.4. The van der Waals surface area contributed by atoms with Crippen LogP contribution < -0.4 is 0 Å². The molecule has 0 unspecified atom stereocenters. The highest BCUT2D eigenvalue weighted by Gasteiger charge is 2.22. The Balaban J connectivity index is 1.74. The lowest BCUT2D eigenvalue weighted by Crippen LogP contribution is -2.09. The molecular weight excluding hydrogens is 448 g/mol. The second-order valence-corrected chi connectivity index (χ2v) is 13.4. The Hall–Kier alpha value is -3.65. The Bertz CT molecular complexity index is 1990. The molecule has 0 N–H and O–H groups in total. The zero-order valence-corrected chi connectivity index (χ0v) is 22.7. The highest BCUT2D eigenvalue weighted by molar-refractivity contribution is 6.32. The largest absolute Gasteiger partial charge is 0.308 e. The van der Waals surface area contributed by atoms with Crippen LogP contribution in [-0.2, 0) is 12.8 Å². The van der Waals surface area contributed by atoms with E-state index in [0.717, 1.165) is 18.4 Å². The second kappa shape index (κ2) is 7.44. The zero-order chi connectivity index (χ0) is 25.7. The van der Waals surface area contributed by atoms with Gasteiger partial charge in [0.1, 0.15) is 0 Å². The molecule has 4 aromatic carbocycles. The zero-order valence-electron chi connectivity index (χ0n) is 22.7. The fourth-order valence-corrected chi connectivity index (χ4v) is 6.54. The Morgan fingerprint density at radius 2 is 1.38 bits per heavy atom. The third-order valence-corrected chi connectivity index (χ3v) is 7.68. The Labute approximate surface area is 218 Å². The van der Waals surface area contributed by atoms with Gasteiger partial charge in [-0.1, -0.05) is 77.9 Å². The minimum atomic E-state index is 0.217. The monoisotopic (exact) mass is 482 g/mol. The van der Waals surface area contributed by atoms with Crippen LogP contribution in [0.5, 0.6) is 0 Å². The first kappa shape index (κ1) is 22.5. The summed E-state index contributed by atoms with van der Waals surface area (Å²) in [5, 5.41) is 9.07. The first-order valence-corrected chi connectivity index (χ1v) is 13.5. The van der Waals surface area contributed by atoms with Crippen molar-refractivity contribution in [2.24, 2.45) is 10.8 Å². The molecule has 0 radical (unpaired) electrons. The van der Waals surface area contributed by atoms with E-state index in [-0.39, 0.29) is 10.8 Å². The van der Waals surface area contributed by atoms with Crippen LogP contribution in [0.2, 0.25) is 0 Å². The average Bonchev–Trinajstić information content (AvgIpc) is 3.15. The van der Waals surface area contributed by atoms with Crippen molar-refractivity contribution in [3.05, 3.63) is 84.1 Å². The topological polar surface area (TPSA) is 17.3 Å². The van der Waals surface area contributed by atoms with Crippen LogP contribution in [0, 0.1) is 10.8 Å². The number of hydrogen-bond acceptors (Lipinski definition) is 1. The van der Waals surface area contributed by atoms with Crippen LogP contribution in [0.3, 0.4) is 0 Å². The number of benzene rings is 4. The number of fused-ring (bicyclic) bond motifs is 7. The number of hydrogen-bond donors (Lipinski definition) is 0. The van der Waals surface area contributed by atoms with Gasteiger partial charge in [0.15, 0.2) is 0 Å². The van der Waals surface area contributed by atoms with Gasteiger partial charge in [-0.3, -0.25) is 4.98 Å². The Morgan fingerprint density at radius 1 is 0.622 bits per heavy atom. The van der Waals surface area contributed by atoms with Gasteiger partial charge in [-0.05, 0) is 81.3 Å². The summed E-state index contributed by atoms with van der Waals surface area (Å²) >= 11 is 0. The first-order chi connectivity index (χ1) is 17.6. The number of nitrogens with zero attached hydrogens (tertiary/aromatic N) is 2. The fourth-order valence-electron chi connectivity index (χ4n) is 6.54. The van der Waals surface area contributed by atoms with E-state index in [0.29, 0.717) is 0 Å².